The summed E-state index contributed by atoms with van der Waals surface area (Å²) in [4.78, 5) is 11.3. The maximum atomic E-state index is 11.3. The van der Waals surface area contributed by atoms with Gasteiger partial charge in [-0.2, -0.15) is 0 Å². The number of hydrogen-bond donors (Lipinski definition) is 2. The van der Waals surface area contributed by atoms with E-state index in [0.717, 1.165) is 6.42 Å². The Hall–Kier alpha value is -1.55. The first-order valence-electron chi connectivity index (χ1n) is 5.47. The maximum absolute atomic E-state index is 11.3. The monoisotopic (exact) mass is 222 g/mol. The molecule has 88 valence electrons. The topological polar surface area (TPSA) is 64.3 Å². The van der Waals surface area contributed by atoms with Gasteiger partial charge in [-0.25, -0.2) is 5.84 Å². The van der Waals surface area contributed by atoms with Crippen molar-refractivity contribution in [3.8, 4) is 5.75 Å². The number of aryl methyl sites for hydroxylation is 1. The highest BCUT2D eigenvalue weighted by Gasteiger charge is 2.16. The standard InChI is InChI=1S/C12H18N2O2/c1-3-9-6-5-7-10(8-9)16-11(4-2)12(15)14-13/h5-8,11H,3-4,13H2,1-2H3,(H,14,15). The van der Waals surface area contributed by atoms with E-state index in [2.05, 4.69) is 12.3 Å². The number of amides is 1. The van der Waals surface area contributed by atoms with E-state index in [1.165, 1.54) is 5.56 Å². The van der Waals surface area contributed by atoms with E-state index in [0.29, 0.717) is 12.2 Å². The van der Waals surface area contributed by atoms with Crippen molar-refractivity contribution in [3.63, 3.8) is 0 Å². The molecule has 0 aromatic heterocycles. The molecule has 0 aliphatic rings. The first-order valence-corrected chi connectivity index (χ1v) is 5.47. The highest BCUT2D eigenvalue weighted by molar-refractivity contribution is 5.80. The predicted molar refractivity (Wildman–Crippen MR) is 62.9 cm³/mol. The van der Waals surface area contributed by atoms with Crippen LogP contribution in [0.25, 0.3) is 0 Å². The van der Waals surface area contributed by atoms with Gasteiger partial charge in [0.15, 0.2) is 6.10 Å². The molecule has 1 atom stereocenters. The SMILES string of the molecule is CCc1cccc(OC(CC)C(=O)NN)c1. The van der Waals surface area contributed by atoms with Crippen molar-refractivity contribution in [2.24, 2.45) is 5.84 Å². The molecule has 0 aliphatic heterocycles. The Bertz CT molecular complexity index is 353. The Morgan fingerprint density at radius 3 is 2.81 bits per heavy atom. The summed E-state index contributed by atoms with van der Waals surface area (Å²) in [6, 6.07) is 7.72. The molecule has 1 aromatic rings. The second-order valence-electron chi connectivity index (χ2n) is 3.52. The third-order valence-electron chi connectivity index (χ3n) is 2.39. The largest absolute Gasteiger partial charge is 0.481 e. The van der Waals surface area contributed by atoms with Crippen molar-refractivity contribution >= 4 is 5.91 Å². The third-order valence-corrected chi connectivity index (χ3v) is 2.39. The van der Waals surface area contributed by atoms with Crippen LogP contribution in [0.3, 0.4) is 0 Å². The quantitative estimate of drug-likeness (QED) is 0.449. The predicted octanol–water partition coefficient (Wildman–Crippen LogP) is 1.40. The fraction of sp³-hybridized carbons (Fsp3) is 0.417. The number of hydrogen-bond acceptors (Lipinski definition) is 3. The molecule has 1 aromatic carbocycles. The second kappa shape index (κ2) is 6.12. The molecule has 0 radical (unpaired) electrons. The molecule has 16 heavy (non-hydrogen) atoms. The fourth-order valence-corrected chi connectivity index (χ4v) is 1.42. The Balaban J connectivity index is 2.73. The van der Waals surface area contributed by atoms with Gasteiger partial charge in [-0.3, -0.25) is 10.2 Å². The molecular formula is C12H18N2O2. The van der Waals surface area contributed by atoms with Crippen molar-refractivity contribution in [3.05, 3.63) is 29.8 Å². The molecule has 0 bridgehead atoms. The minimum Gasteiger partial charge on any atom is -0.481 e. The van der Waals surface area contributed by atoms with Crippen molar-refractivity contribution in [2.75, 3.05) is 0 Å². The van der Waals surface area contributed by atoms with Crippen LogP contribution in [-0.2, 0) is 11.2 Å². The van der Waals surface area contributed by atoms with Crippen LogP contribution in [0, 0.1) is 0 Å². The summed E-state index contributed by atoms with van der Waals surface area (Å²) >= 11 is 0. The zero-order valence-electron chi connectivity index (χ0n) is 9.69. The van der Waals surface area contributed by atoms with Gasteiger partial charge in [-0.15, -0.1) is 0 Å². The van der Waals surface area contributed by atoms with Gasteiger partial charge in [0.25, 0.3) is 5.91 Å². The van der Waals surface area contributed by atoms with Gasteiger partial charge < -0.3 is 4.74 Å². The molecule has 0 spiro atoms. The number of carbonyl (C=O) groups excluding carboxylic acids is 1. The van der Waals surface area contributed by atoms with Crippen LogP contribution in [0.5, 0.6) is 5.75 Å². The molecule has 0 fully saturated rings. The molecule has 1 amide bonds. The van der Waals surface area contributed by atoms with E-state index >= 15 is 0 Å². The van der Waals surface area contributed by atoms with Crippen LogP contribution in [-0.4, -0.2) is 12.0 Å². The third kappa shape index (κ3) is 3.24. The average Bonchev–Trinajstić information content (AvgIpc) is 2.35. The Morgan fingerprint density at radius 1 is 1.50 bits per heavy atom. The average molecular weight is 222 g/mol. The minimum absolute atomic E-state index is 0.301. The summed E-state index contributed by atoms with van der Waals surface area (Å²) in [6.07, 6.45) is 0.994. The van der Waals surface area contributed by atoms with Gasteiger partial charge in [0.2, 0.25) is 0 Å². The number of ether oxygens (including phenoxy) is 1. The van der Waals surface area contributed by atoms with Crippen LogP contribution >= 0.6 is 0 Å². The Kier molecular flexibility index (Phi) is 4.79. The zero-order valence-corrected chi connectivity index (χ0v) is 9.69. The molecule has 4 nitrogen and oxygen atoms in total. The molecule has 0 aliphatic carbocycles. The van der Waals surface area contributed by atoms with Gasteiger partial charge in [0.05, 0.1) is 0 Å². The molecule has 0 heterocycles. The number of benzene rings is 1. The van der Waals surface area contributed by atoms with Crippen LogP contribution in [0.1, 0.15) is 25.8 Å². The highest BCUT2D eigenvalue weighted by atomic mass is 16.5. The van der Waals surface area contributed by atoms with E-state index in [-0.39, 0.29) is 5.91 Å². The van der Waals surface area contributed by atoms with Crippen LogP contribution in [0.2, 0.25) is 0 Å². The van der Waals surface area contributed by atoms with E-state index in [4.69, 9.17) is 10.6 Å². The summed E-state index contributed by atoms with van der Waals surface area (Å²) in [7, 11) is 0. The number of nitrogens with one attached hydrogen (secondary N) is 1. The van der Waals surface area contributed by atoms with E-state index < -0.39 is 6.10 Å². The molecule has 1 rings (SSSR count). The number of nitrogens with two attached hydrogens (primary N) is 1. The molecule has 0 saturated carbocycles. The minimum atomic E-state index is -0.530. The normalized spacial score (nSPS) is 11.9. The summed E-state index contributed by atoms with van der Waals surface area (Å²) in [5.41, 5.74) is 3.28. The molecule has 1 unspecified atom stereocenters. The lowest BCUT2D eigenvalue weighted by atomic mass is 10.1. The first-order chi connectivity index (χ1) is 7.71. The summed E-state index contributed by atoms with van der Waals surface area (Å²) in [5, 5.41) is 0. The van der Waals surface area contributed by atoms with E-state index in [1.807, 2.05) is 31.2 Å². The summed E-state index contributed by atoms with van der Waals surface area (Å²) in [5.74, 6) is 5.48. The lowest BCUT2D eigenvalue weighted by Gasteiger charge is -2.16. The molecular weight excluding hydrogens is 204 g/mol. The maximum Gasteiger partial charge on any atom is 0.274 e. The van der Waals surface area contributed by atoms with Crippen molar-refractivity contribution in [2.45, 2.75) is 32.8 Å². The fourth-order valence-electron chi connectivity index (χ4n) is 1.42. The van der Waals surface area contributed by atoms with Crippen LogP contribution < -0.4 is 16.0 Å². The lowest BCUT2D eigenvalue weighted by molar-refractivity contribution is -0.128. The summed E-state index contributed by atoms with van der Waals surface area (Å²) in [6.45, 7) is 3.95. The number of hydrazine groups is 1. The van der Waals surface area contributed by atoms with Crippen molar-refractivity contribution in [1.82, 2.24) is 5.43 Å². The molecule has 4 heteroatoms. The van der Waals surface area contributed by atoms with Crippen molar-refractivity contribution < 1.29 is 9.53 Å². The molecule has 0 saturated heterocycles. The first kappa shape index (κ1) is 12.5. The zero-order chi connectivity index (χ0) is 12.0. The van der Waals surface area contributed by atoms with E-state index in [9.17, 15) is 4.79 Å². The highest BCUT2D eigenvalue weighted by Crippen LogP contribution is 2.16. The summed E-state index contributed by atoms with van der Waals surface area (Å²) < 4.78 is 5.57. The lowest BCUT2D eigenvalue weighted by Crippen LogP contribution is -2.41. The van der Waals surface area contributed by atoms with Gasteiger partial charge in [-0.1, -0.05) is 26.0 Å². The van der Waals surface area contributed by atoms with Crippen LogP contribution in [0.15, 0.2) is 24.3 Å². The van der Waals surface area contributed by atoms with E-state index in [1.54, 1.807) is 0 Å². The van der Waals surface area contributed by atoms with Gasteiger partial charge in [0.1, 0.15) is 5.75 Å². The smallest absolute Gasteiger partial charge is 0.274 e. The Labute approximate surface area is 95.8 Å². The molecule has 3 N–H and O–H groups in total. The van der Waals surface area contributed by atoms with Crippen LogP contribution in [0.4, 0.5) is 0 Å². The Morgan fingerprint density at radius 2 is 2.25 bits per heavy atom. The second-order valence-corrected chi connectivity index (χ2v) is 3.52. The van der Waals surface area contributed by atoms with Gasteiger partial charge >= 0.3 is 0 Å². The van der Waals surface area contributed by atoms with Crippen molar-refractivity contribution in [1.29, 1.82) is 0 Å². The number of rotatable bonds is 5. The van der Waals surface area contributed by atoms with Gasteiger partial charge in [0, 0.05) is 0 Å². The van der Waals surface area contributed by atoms with Gasteiger partial charge in [-0.05, 0) is 30.5 Å². The number of carbonyl (C=O) groups is 1.